The molecule has 1 atom stereocenters. The van der Waals surface area contributed by atoms with E-state index in [1.807, 2.05) is 30.5 Å². The summed E-state index contributed by atoms with van der Waals surface area (Å²) in [5.74, 6) is 0.451. The fourth-order valence-electron chi connectivity index (χ4n) is 4.49. The van der Waals surface area contributed by atoms with E-state index in [1.54, 1.807) is 16.6 Å². The van der Waals surface area contributed by atoms with Gasteiger partial charge in [-0.25, -0.2) is 8.91 Å². The molecule has 3 heterocycles. The predicted molar refractivity (Wildman–Crippen MR) is 133 cm³/mol. The van der Waals surface area contributed by atoms with Gasteiger partial charge in [-0.15, -0.1) is 5.10 Å². The van der Waals surface area contributed by atoms with Crippen LogP contribution in [0.2, 0.25) is 0 Å². The summed E-state index contributed by atoms with van der Waals surface area (Å²) in [5.41, 5.74) is 5.42. The van der Waals surface area contributed by atoms with E-state index >= 15 is 0 Å². The van der Waals surface area contributed by atoms with Gasteiger partial charge in [0.05, 0.1) is 0 Å². The minimum absolute atomic E-state index is 0.0346. The Kier molecular flexibility index (Phi) is 5.66. The highest BCUT2D eigenvalue weighted by atomic mass is 19.1. The number of carbonyl (C=O) groups is 1. The van der Waals surface area contributed by atoms with Gasteiger partial charge in [0.15, 0.2) is 5.65 Å². The number of amides is 1. The van der Waals surface area contributed by atoms with Crippen LogP contribution < -0.4 is 10.6 Å². The Labute approximate surface area is 203 Å². The molecule has 0 unspecified atom stereocenters. The summed E-state index contributed by atoms with van der Waals surface area (Å²) >= 11 is 0. The molecule has 1 saturated heterocycles. The lowest BCUT2D eigenvalue weighted by Gasteiger charge is -2.14. The van der Waals surface area contributed by atoms with Crippen molar-refractivity contribution in [3.8, 4) is 11.1 Å². The average Bonchev–Trinajstić information content (AvgIpc) is 3.43. The predicted octanol–water partition coefficient (Wildman–Crippen LogP) is 4.58. The highest BCUT2D eigenvalue weighted by Gasteiger charge is 2.24. The van der Waals surface area contributed by atoms with E-state index in [4.69, 9.17) is 4.98 Å². The molecule has 2 N–H and O–H groups in total. The molecular formula is C27H27FN6O. The second-order valence-corrected chi connectivity index (χ2v) is 9.39. The molecule has 1 amide bonds. The molecule has 8 heteroatoms. The average molecular weight is 471 g/mol. The Balaban J connectivity index is 1.17. The molecule has 2 aromatic heterocycles. The molecule has 2 aliphatic rings. The van der Waals surface area contributed by atoms with E-state index in [-0.39, 0.29) is 5.91 Å². The van der Waals surface area contributed by atoms with Crippen LogP contribution in [0.3, 0.4) is 0 Å². The summed E-state index contributed by atoms with van der Waals surface area (Å²) < 4.78 is 15.2. The van der Waals surface area contributed by atoms with Crippen LogP contribution in [0.5, 0.6) is 0 Å². The van der Waals surface area contributed by atoms with Crippen LogP contribution >= 0.6 is 0 Å². The third-order valence-corrected chi connectivity index (χ3v) is 6.56. The summed E-state index contributed by atoms with van der Waals surface area (Å²) in [5, 5.41) is 10.8. The van der Waals surface area contributed by atoms with E-state index in [0.717, 1.165) is 48.4 Å². The van der Waals surface area contributed by atoms with Crippen LogP contribution in [0.25, 0.3) is 16.8 Å². The van der Waals surface area contributed by atoms with Gasteiger partial charge < -0.3 is 10.6 Å². The number of rotatable bonds is 7. The van der Waals surface area contributed by atoms with Crippen molar-refractivity contribution in [1.29, 1.82) is 0 Å². The summed E-state index contributed by atoms with van der Waals surface area (Å²) in [7, 11) is 0. The van der Waals surface area contributed by atoms with Crippen LogP contribution in [0, 0.1) is 0 Å². The Morgan fingerprint density at radius 3 is 2.54 bits per heavy atom. The molecule has 0 spiro atoms. The third kappa shape index (κ3) is 4.88. The van der Waals surface area contributed by atoms with E-state index < -0.39 is 6.17 Å². The number of likely N-dealkylation sites (tertiary alicyclic amines) is 1. The minimum Gasteiger partial charge on any atom is -0.349 e. The molecule has 6 rings (SSSR count). The number of hydrogen-bond acceptors (Lipinski definition) is 5. The summed E-state index contributed by atoms with van der Waals surface area (Å²) in [6.07, 6.45) is 3.93. The fourth-order valence-corrected chi connectivity index (χ4v) is 4.49. The maximum Gasteiger partial charge on any atom is 0.251 e. The second kappa shape index (κ2) is 9.11. The highest BCUT2D eigenvalue weighted by Crippen LogP contribution is 2.26. The summed E-state index contributed by atoms with van der Waals surface area (Å²) in [6.45, 7) is 2.10. The van der Waals surface area contributed by atoms with E-state index in [2.05, 4.69) is 44.9 Å². The lowest BCUT2D eigenvalue weighted by molar-refractivity contribution is 0.0951. The zero-order valence-corrected chi connectivity index (χ0v) is 19.3. The number of hydrogen-bond donors (Lipinski definition) is 2. The topological polar surface area (TPSA) is 74.6 Å². The number of aromatic nitrogens is 3. The van der Waals surface area contributed by atoms with Gasteiger partial charge in [0.1, 0.15) is 6.17 Å². The number of benzene rings is 2. The first-order valence-corrected chi connectivity index (χ1v) is 12.1. The Hall–Kier alpha value is -3.78. The maximum absolute atomic E-state index is 13.5. The van der Waals surface area contributed by atoms with Gasteiger partial charge in [-0.2, -0.15) is 4.98 Å². The normalized spacial score (nSPS) is 18.1. The van der Waals surface area contributed by atoms with Crippen molar-refractivity contribution in [2.24, 2.45) is 0 Å². The number of alkyl halides is 1. The lowest BCUT2D eigenvalue weighted by atomic mass is 10.0. The van der Waals surface area contributed by atoms with Crippen LogP contribution in [0.4, 0.5) is 16.0 Å². The smallest absolute Gasteiger partial charge is 0.251 e. The first-order valence-electron chi connectivity index (χ1n) is 12.1. The first kappa shape index (κ1) is 21.7. The second-order valence-electron chi connectivity index (χ2n) is 9.39. The molecule has 178 valence electrons. The van der Waals surface area contributed by atoms with Gasteiger partial charge in [-0.1, -0.05) is 24.3 Å². The van der Waals surface area contributed by atoms with E-state index in [1.165, 1.54) is 5.56 Å². The highest BCUT2D eigenvalue weighted by molar-refractivity contribution is 5.95. The Morgan fingerprint density at radius 2 is 1.83 bits per heavy atom. The molecule has 0 radical (unpaired) electrons. The number of nitrogens with zero attached hydrogens (tertiary/aromatic N) is 4. The molecular weight excluding hydrogens is 443 g/mol. The van der Waals surface area contributed by atoms with Crippen molar-refractivity contribution in [2.75, 3.05) is 18.4 Å². The SMILES string of the molecule is O=C(NC1CC1)c1ccc(Nc2nc3c(-c4ccc(CN5CC[C@H](F)C5)cc4)cccn3n2)cc1. The van der Waals surface area contributed by atoms with Gasteiger partial charge in [0, 0.05) is 48.7 Å². The maximum atomic E-state index is 13.5. The number of anilines is 2. The van der Waals surface area contributed by atoms with Gasteiger partial charge in [-0.05, 0) is 66.8 Å². The molecule has 1 aliphatic carbocycles. The fraction of sp³-hybridized carbons (Fsp3) is 0.296. The molecule has 2 aromatic carbocycles. The number of nitrogens with one attached hydrogen (secondary N) is 2. The van der Waals surface area contributed by atoms with Crippen LogP contribution in [-0.2, 0) is 6.54 Å². The van der Waals surface area contributed by atoms with Crippen molar-refractivity contribution in [1.82, 2.24) is 24.8 Å². The zero-order valence-electron chi connectivity index (χ0n) is 19.3. The van der Waals surface area contributed by atoms with Crippen LogP contribution in [-0.4, -0.2) is 50.7 Å². The Morgan fingerprint density at radius 1 is 1.03 bits per heavy atom. The third-order valence-electron chi connectivity index (χ3n) is 6.56. The van der Waals surface area contributed by atoms with Crippen molar-refractivity contribution >= 4 is 23.2 Å². The van der Waals surface area contributed by atoms with Crippen molar-refractivity contribution in [3.05, 3.63) is 78.0 Å². The van der Waals surface area contributed by atoms with Crippen molar-refractivity contribution in [3.63, 3.8) is 0 Å². The number of carbonyl (C=O) groups excluding carboxylic acids is 1. The molecule has 1 saturated carbocycles. The van der Waals surface area contributed by atoms with Gasteiger partial charge in [0.2, 0.25) is 5.95 Å². The van der Waals surface area contributed by atoms with E-state index in [0.29, 0.717) is 30.5 Å². The van der Waals surface area contributed by atoms with Crippen molar-refractivity contribution < 1.29 is 9.18 Å². The minimum atomic E-state index is -0.701. The number of pyridine rings is 1. The Bertz CT molecular complexity index is 1350. The monoisotopic (exact) mass is 470 g/mol. The summed E-state index contributed by atoms with van der Waals surface area (Å²) in [4.78, 5) is 19.1. The molecule has 0 bridgehead atoms. The molecule has 4 aromatic rings. The van der Waals surface area contributed by atoms with Crippen LogP contribution in [0.1, 0.15) is 35.2 Å². The largest absolute Gasteiger partial charge is 0.349 e. The van der Waals surface area contributed by atoms with Gasteiger partial charge in [0.25, 0.3) is 5.91 Å². The van der Waals surface area contributed by atoms with Gasteiger partial charge >= 0.3 is 0 Å². The molecule has 1 aliphatic heterocycles. The van der Waals surface area contributed by atoms with Crippen LogP contribution in [0.15, 0.2) is 66.9 Å². The first-order chi connectivity index (χ1) is 17.1. The van der Waals surface area contributed by atoms with E-state index in [9.17, 15) is 9.18 Å². The number of halogens is 1. The number of fused-ring (bicyclic) bond motifs is 1. The summed E-state index contributed by atoms with van der Waals surface area (Å²) in [6, 6.07) is 20.0. The molecule has 2 fully saturated rings. The van der Waals surface area contributed by atoms with Gasteiger partial charge in [-0.3, -0.25) is 9.69 Å². The van der Waals surface area contributed by atoms with Crippen molar-refractivity contribution in [2.45, 2.75) is 38.0 Å². The molecule has 35 heavy (non-hydrogen) atoms. The quantitative estimate of drug-likeness (QED) is 0.414. The zero-order chi connectivity index (χ0) is 23.8. The lowest BCUT2D eigenvalue weighted by Crippen LogP contribution is -2.25. The standard InChI is InChI=1S/C27H27FN6O/c28-21-13-15-33(17-21)16-18-3-5-19(6-4-18)24-2-1-14-34-25(24)31-27(32-34)30-23-9-7-20(8-10-23)26(35)29-22-11-12-22/h1-10,14,21-22H,11-13,15-17H2,(H,29,35)(H,30,32)/t21-/m0/s1. The molecule has 7 nitrogen and oxygen atoms in total.